The summed E-state index contributed by atoms with van der Waals surface area (Å²) in [6, 6.07) is 14.1. The molecule has 0 spiro atoms. The van der Waals surface area contributed by atoms with Crippen molar-refractivity contribution in [1.29, 1.82) is 0 Å². The van der Waals surface area contributed by atoms with Gasteiger partial charge in [0, 0.05) is 18.0 Å². The van der Waals surface area contributed by atoms with E-state index in [0.717, 1.165) is 29.4 Å². The second-order valence-electron chi connectivity index (χ2n) is 6.09. The molecule has 0 aliphatic heterocycles. The summed E-state index contributed by atoms with van der Waals surface area (Å²) in [5.41, 5.74) is 4.47. The van der Waals surface area contributed by atoms with Crippen molar-refractivity contribution in [1.82, 2.24) is 10.3 Å². The first-order valence-electron chi connectivity index (χ1n) is 7.98. The van der Waals surface area contributed by atoms with E-state index in [9.17, 15) is 4.79 Å². The van der Waals surface area contributed by atoms with Gasteiger partial charge in [-0.05, 0) is 59.4 Å². The Balaban J connectivity index is 1.69. The standard InChI is InChI=1S/C20H18N2O/c1-13(16-5-3-11-21-12-16)22-20(23)18-10-9-15-8-7-14-4-2-6-17(18)19(14)15/h2-6,9-13H,7-8H2,1H3,(H,22,23). The maximum absolute atomic E-state index is 12.8. The van der Waals surface area contributed by atoms with Gasteiger partial charge in [0.2, 0.25) is 0 Å². The second kappa shape index (κ2) is 5.51. The van der Waals surface area contributed by atoms with E-state index in [1.807, 2.05) is 31.2 Å². The number of benzene rings is 2. The molecule has 1 amide bonds. The molecule has 1 heterocycles. The minimum Gasteiger partial charge on any atom is -0.345 e. The predicted octanol–water partition coefficient (Wildman–Crippen LogP) is 3.82. The van der Waals surface area contributed by atoms with Gasteiger partial charge < -0.3 is 5.32 Å². The van der Waals surface area contributed by atoms with Crippen molar-refractivity contribution in [3.8, 4) is 0 Å². The fourth-order valence-electron chi connectivity index (χ4n) is 3.43. The third kappa shape index (κ3) is 2.38. The lowest BCUT2D eigenvalue weighted by molar-refractivity contribution is 0.0941. The van der Waals surface area contributed by atoms with Crippen LogP contribution in [0.15, 0.2) is 54.9 Å². The molecule has 4 rings (SSSR count). The Bertz CT molecular complexity index is 877. The van der Waals surface area contributed by atoms with Crippen LogP contribution in [0.4, 0.5) is 0 Å². The number of carbonyl (C=O) groups is 1. The van der Waals surface area contributed by atoms with Crippen molar-refractivity contribution in [2.45, 2.75) is 25.8 Å². The number of hydrogen-bond acceptors (Lipinski definition) is 2. The molecular formula is C20H18N2O. The first kappa shape index (κ1) is 13.9. The lowest BCUT2D eigenvalue weighted by Crippen LogP contribution is -2.26. The van der Waals surface area contributed by atoms with Crippen LogP contribution >= 0.6 is 0 Å². The summed E-state index contributed by atoms with van der Waals surface area (Å²) >= 11 is 0. The second-order valence-corrected chi connectivity index (χ2v) is 6.09. The van der Waals surface area contributed by atoms with Crippen LogP contribution < -0.4 is 5.32 Å². The highest BCUT2D eigenvalue weighted by Gasteiger charge is 2.19. The van der Waals surface area contributed by atoms with E-state index >= 15 is 0 Å². The molecule has 3 nitrogen and oxygen atoms in total. The number of hydrogen-bond donors (Lipinski definition) is 1. The molecule has 0 saturated heterocycles. The van der Waals surface area contributed by atoms with Gasteiger partial charge in [0.1, 0.15) is 0 Å². The maximum Gasteiger partial charge on any atom is 0.252 e. The van der Waals surface area contributed by atoms with Crippen LogP contribution in [0.25, 0.3) is 10.8 Å². The maximum atomic E-state index is 12.8. The molecule has 1 aliphatic carbocycles. The lowest BCUT2D eigenvalue weighted by Gasteiger charge is -2.15. The summed E-state index contributed by atoms with van der Waals surface area (Å²) in [6.45, 7) is 1.98. The summed E-state index contributed by atoms with van der Waals surface area (Å²) in [5, 5.41) is 5.42. The van der Waals surface area contributed by atoms with Crippen molar-refractivity contribution in [3.05, 3.63) is 77.1 Å². The SMILES string of the molecule is CC(NC(=O)c1ccc2c3c(cccc13)CC2)c1cccnc1. The molecule has 114 valence electrons. The van der Waals surface area contributed by atoms with Crippen LogP contribution in [0.3, 0.4) is 0 Å². The number of aromatic nitrogens is 1. The zero-order valence-electron chi connectivity index (χ0n) is 13.0. The molecule has 2 aromatic carbocycles. The van der Waals surface area contributed by atoms with Crippen molar-refractivity contribution < 1.29 is 4.79 Å². The minimum absolute atomic E-state index is 0.0306. The third-order valence-electron chi connectivity index (χ3n) is 4.65. The number of nitrogens with zero attached hydrogens (tertiary/aromatic N) is 1. The van der Waals surface area contributed by atoms with E-state index in [1.165, 1.54) is 16.5 Å². The van der Waals surface area contributed by atoms with Gasteiger partial charge >= 0.3 is 0 Å². The lowest BCUT2D eigenvalue weighted by atomic mass is 9.99. The van der Waals surface area contributed by atoms with Gasteiger partial charge in [0.25, 0.3) is 5.91 Å². The summed E-state index contributed by atoms with van der Waals surface area (Å²) in [4.78, 5) is 16.9. The Labute approximate surface area is 135 Å². The molecule has 3 aromatic rings. The molecule has 1 N–H and O–H groups in total. The summed E-state index contributed by atoms with van der Waals surface area (Å²) in [6.07, 6.45) is 5.67. The van der Waals surface area contributed by atoms with Gasteiger partial charge in [0.15, 0.2) is 0 Å². The number of aryl methyl sites for hydroxylation is 2. The Morgan fingerprint density at radius 2 is 1.91 bits per heavy atom. The number of pyridine rings is 1. The molecule has 1 unspecified atom stereocenters. The Morgan fingerprint density at radius 1 is 1.09 bits per heavy atom. The Hall–Kier alpha value is -2.68. The predicted molar refractivity (Wildman–Crippen MR) is 91.5 cm³/mol. The number of rotatable bonds is 3. The molecule has 23 heavy (non-hydrogen) atoms. The van der Waals surface area contributed by atoms with E-state index in [-0.39, 0.29) is 11.9 Å². The van der Waals surface area contributed by atoms with Gasteiger partial charge in [-0.2, -0.15) is 0 Å². The minimum atomic E-state index is -0.0702. The van der Waals surface area contributed by atoms with Gasteiger partial charge in [-0.1, -0.05) is 30.3 Å². The topological polar surface area (TPSA) is 42.0 Å². The molecule has 0 bridgehead atoms. The van der Waals surface area contributed by atoms with E-state index in [2.05, 4.69) is 28.5 Å². The van der Waals surface area contributed by atoms with Crippen molar-refractivity contribution in [2.75, 3.05) is 0 Å². The fraction of sp³-hybridized carbons (Fsp3) is 0.200. The van der Waals surface area contributed by atoms with Crippen LogP contribution in [0, 0.1) is 0 Å². The molecule has 1 atom stereocenters. The summed E-state index contributed by atoms with van der Waals surface area (Å²) < 4.78 is 0. The molecule has 1 aromatic heterocycles. The van der Waals surface area contributed by atoms with Crippen molar-refractivity contribution in [3.63, 3.8) is 0 Å². The monoisotopic (exact) mass is 302 g/mol. The molecule has 1 aliphatic rings. The highest BCUT2D eigenvalue weighted by molar-refractivity contribution is 6.09. The van der Waals surface area contributed by atoms with E-state index in [0.29, 0.717) is 0 Å². The zero-order chi connectivity index (χ0) is 15.8. The van der Waals surface area contributed by atoms with E-state index < -0.39 is 0 Å². The van der Waals surface area contributed by atoms with Crippen LogP contribution in [-0.2, 0) is 12.8 Å². The van der Waals surface area contributed by atoms with Gasteiger partial charge in [-0.3, -0.25) is 9.78 Å². The highest BCUT2D eigenvalue weighted by Crippen LogP contribution is 2.32. The van der Waals surface area contributed by atoms with Crippen LogP contribution in [-0.4, -0.2) is 10.9 Å². The fourth-order valence-corrected chi connectivity index (χ4v) is 3.43. The average Bonchev–Trinajstić information content (AvgIpc) is 3.01. The van der Waals surface area contributed by atoms with Crippen molar-refractivity contribution in [2.24, 2.45) is 0 Å². The molecular weight excluding hydrogens is 284 g/mol. The molecule has 0 radical (unpaired) electrons. The number of amides is 1. The first-order valence-corrected chi connectivity index (χ1v) is 7.98. The summed E-state index contributed by atoms with van der Waals surface area (Å²) in [5.74, 6) is -0.0306. The smallest absolute Gasteiger partial charge is 0.252 e. The number of carbonyl (C=O) groups excluding carboxylic acids is 1. The molecule has 0 fully saturated rings. The third-order valence-corrected chi connectivity index (χ3v) is 4.65. The Kier molecular flexibility index (Phi) is 3.34. The summed E-state index contributed by atoms with van der Waals surface area (Å²) in [7, 11) is 0. The van der Waals surface area contributed by atoms with Gasteiger partial charge in [-0.25, -0.2) is 0 Å². The van der Waals surface area contributed by atoms with E-state index in [1.54, 1.807) is 12.4 Å². The first-order chi connectivity index (χ1) is 11.2. The average molecular weight is 302 g/mol. The van der Waals surface area contributed by atoms with Crippen LogP contribution in [0.5, 0.6) is 0 Å². The van der Waals surface area contributed by atoms with E-state index in [4.69, 9.17) is 0 Å². The number of nitrogens with one attached hydrogen (secondary N) is 1. The zero-order valence-corrected chi connectivity index (χ0v) is 13.0. The Morgan fingerprint density at radius 3 is 2.70 bits per heavy atom. The van der Waals surface area contributed by atoms with Crippen LogP contribution in [0.1, 0.15) is 40.0 Å². The molecule has 3 heteroatoms. The van der Waals surface area contributed by atoms with Crippen LogP contribution in [0.2, 0.25) is 0 Å². The highest BCUT2D eigenvalue weighted by atomic mass is 16.1. The quantitative estimate of drug-likeness (QED) is 0.799. The van der Waals surface area contributed by atoms with Gasteiger partial charge in [-0.15, -0.1) is 0 Å². The van der Waals surface area contributed by atoms with Crippen molar-refractivity contribution >= 4 is 16.7 Å². The normalized spacial score (nSPS) is 14.0. The van der Waals surface area contributed by atoms with Gasteiger partial charge in [0.05, 0.1) is 6.04 Å². The molecule has 0 saturated carbocycles. The largest absolute Gasteiger partial charge is 0.345 e.